The van der Waals surface area contributed by atoms with Crippen molar-refractivity contribution in [2.75, 3.05) is 6.54 Å². The molecule has 0 aliphatic carbocycles. The number of benzene rings is 1. The van der Waals surface area contributed by atoms with Crippen molar-refractivity contribution < 1.29 is 18.3 Å². The number of hydrogen-bond acceptors (Lipinski definition) is 2. The van der Waals surface area contributed by atoms with Gasteiger partial charge in [-0.25, -0.2) is 13.6 Å². The van der Waals surface area contributed by atoms with Crippen LogP contribution in [0.15, 0.2) is 18.2 Å². The van der Waals surface area contributed by atoms with E-state index in [-0.39, 0.29) is 24.3 Å². The Morgan fingerprint density at radius 2 is 1.91 bits per heavy atom. The highest BCUT2D eigenvalue weighted by Gasteiger charge is 2.25. The van der Waals surface area contributed by atoms with Crippen molar-refractivity contribution in [3.63, 3.8) is 0 Å². The van der Waals surface area contributed by atoms with E-state index in [9.17, 15) is 13.6 Å². The third kappa shape index (κ3) is 4.94. The number of carbonyl (C=O) groups is 1. The molecule has 1 fully saturated rings. The van der Waals surface area contributed by atoms with Crippen LogP contribution in [0.25, 0.3) is 0 Å². The highest BCUT2D eigenvalue weighted by atomic mass is 19.2. The van der Waals surface area contributed by atoms with E-state index in [4.69, 9.17) is 4.74 Å². The molecule has 1 heterocycles. The second-order valence-corrected chi connectivity index (χ2v) is 5.82. The Bertz CT molecular complexity index is 515. The second kappa shape index (κ2) is 7.54. The predicted octanol–water partition coefficient (Wildman–Crippen LogP) is 2.76. The van der Waals surface area contributed by atoms with Gasteiger partial charge in [-0.2, -0.15) is 0 Å². The van der Waals surface area contributed by atoms with Crippen LogP contribution in [-0.4, -0.2) is 30.8 Å². The average molecular weight is 312 g/mol. The number of rotatable bonds is 4. The number of carbonyl (C=O) groups excluding carboxylic acids is 1. The quantitative estimate of drug-likeness (QED) is 0.898. The van der Waals surface area contributed by atoms with Crippen molar-refractivity contribution in [3.05, 3.63) is 35.4 Å². The van der Waals surface area contributed by atoms with Crippen molar-refractivity contribution in [3.8, 4) is 0 Å². The standard InChI is InChI=1S/C16H22F2N2O2/c1-10-7-13(8-11(2)22-10)20-16(21)19-6-5-12-3-4-14(17)15(18)9-12/h3-4,9-11,13H,5-8H2,1-2H3,(H2,19,20,21)/t10-,11+,13?. The third-order valence-electron chi connectivity index (χ3n) is 3.72. The van der Waals surface area contributed by atoms with E-state index in [0.29, 0.717) is 18.5 Å². The van der Waals surface area contributed by atoms with Crippen LogP contribution in [0, 0.1) is 11.6 Å². The molecule has 1 aromatic carbocycles. The molecular formula is C16H22F2N2O2. The summed E-state index contributed by atoms with van der Waals surface area (Å²) in [4.78, 5) is 11.8. The molecule has 0 bridgehead atoms. The third-order valence-corrected chi connectivity index (χ3v) is 3.72. The molecule has 2 N–H and O–H groups in total. The zero-order valence-electron chi connectivity index (χ0n) is 12.9. The normalized spacial score (nSPS) is 24.8. The Balaban J connectivity index is 1.72. The van der Waals surface area contributed by atoms with E-state index < -0.39 is 11.6 Å². The Kier molecular flexibility index (Phi) is 5.71. The molecule has 0 aromatic heterocycles. The Labute approximate surface area is 129 Å². The summed E-state index contributed by atoms with van der Waals surface area (Å²) in [5, 5.41) is 5.66. The van der Waals surface area contributed by atoms with Gasteiger partial charge in [0, 0.05) is 12.6 Å². The maximum Gasteiger partial charge on any atom is 0.315 e. The molecular weight excluding hydrogens is 290 g/mol. The molecule has 6 heteroatoms. The highest BCUT2D eigenvalue weighted by Crippen LogP contribution is 2.18. The fourth-order valence-electron chi connectivity index (χ4n) is 2.78. The molecule has 1 saturated heterocycles. The number of ether oxygens (including phenoxy) is 1. The van der Waals surface area contributed by atoms with Gasteiger partial charge in [-0.15, -0.1) is 0 Å². The molecule has 1 aromatic rings. The van der Waals surface area contributed by atoms with E-state index in [2.05, 4.69) is 10.6 Å². The molecule has 122 valence electrons. The number of urea groups is 1. The summed E-state index contributed by atoms with van der Waals surface area (Å²) in [6.45, 7) is 4.35. The molecule has 1 aliphatic rings. The van der Waals surface area contributed by atoms with Gasteiger partial charge < -0.3 is 15.4 Å². The Morgan fingerprint density at radius 3 is 2.55 bits per heavy atom. The number of nitrogens with one attached hydrogen (secondary N) is 2. The minimum absolute atomic E-state index is 0.0991. The molecule has 0 saturated carbocycles. The largest absolute Gasteiger partial charge is 0.375 e. The van der Waals surface area contributed by atoms with Crippen molar-refractivity contribution in [1.29, 1.82) is 0 Å². The summed E-state index contributed by atoms with van der Waals surface area (Å²) >= 11 is 0. The van der Waals surface area contributed by atoms with E-state index >= 15 is 0 Å². The lowest BCUT2D eigenvalue weighted by Gasteiger charge is -2.32. The summed E-state index contributed by atoms with van der Waals surface area (Å²) in [5.41, 5.74) is 0.646. The monoisotopic (exact) mass is 312 g/mol. The maximum absolute atomic E-state index is 13.1. The summed E-state index contributed by atoms with van der Waals surface area (Å²) in [5.74, 6) is -1.73. The van der Waals surface area contributed by atoms with Gasteiger partial charge in [0.05, 0.1) is 12.2 Å². The lowest BCUT2D eigenvalue weighted by atomic mass is 10.0. The van der Waals surface area contributed by atoms with Crippen LogP contribution < -0.4 is 10.6 Å². The second-order valence-electron chi connectivity index (χ2n) is 5.82. The molecule has 0 radical (unpaired) electrons. The van der Waals surface area contributed by atoms with E-state index in [1.165, 1.54) is 6.07 Å². The molecule has 2 amide bonds. The average Bonchev–Trinajstić information content (AvgIpc) is 2.41. The topological polar surface area (TPSA) is 50.4 Å². The van der Waals surface area contributed by atoms with Gasteiger partial charge in [-0.05, 0) is 50.8 Å². The predicted molar refractivity (Wildman–Crippen MR) is 79.6 cm³/mol. The van der Waals surface area contributed by atoms with Crippen LogP contribution in [0.5, 0.6) is 0 Å². The molecule has 22 heavy (non-hydrogen) atoms. The van der Waals surface area contributed by atoms with Crippen LogP contribution in [0.1, 0.15) is 32.3 Å². The van der Waals surface area contributed by atoms with Gasteiger partial charge >= 0.3 is 6.03 Å². The van der Waals surface area contributed by atoms with Crippen molar-refractivity contribution >= 4 is 6.03 Å². The van der Waals surface area contributed by atoms with Crippen LogP contribution in [0.3, 0.4) is 0 Å². The fourth-order valence-corrected chi connectivity index (χ4v) is 2.78. The number of amides is 2. The lowest BCUT2D eigenvalue weighted by molar-refractivity contribution is -0.0402. The van der Waals surface area contributed by atoms with Gasteiger partial charge in [-0.1, -0.05) is 6.07 Å². The van der Waals surface area contributed by atoms with Crippen LogP contribution in [-0.2, 0) is 11.2 Å². The molecule has 4 nitrogen and oxygen atoms in total. The van der Waals surface area contributed by atoms with Gasteiger partial charge in [0.25, 0.3) is 0 Å². The van der Waals surface area contributed by atoms with Gasteiger partial charge in [0.15, 0.2) is 11.6 Å². The van der Waals surface area contributed by atoms with Crippen LogP contribution in [0.2, 0.25) is 0 Å². The van der Waals surface area contributed by atoms with E-state index in [0.717, 1.165) is 25.0 Å². The zero-order chi connectivity index (χ0) is 16.1. The first-order valence-electron chi connectivity index (χ1n) is 7.58. The van der Waals surface area contributed by atoms with E-state index in [1.54, 1.807) is 0 Å². The summed E-state index contributed by atoms with van der Waals surface area (Å²) in [6.07, 6.45) is 2.31. The maximum atomic E-state index is 13.1. The minimum Gasteiger partial charge on any atom is -0.375 e. The first kappa shape index (κ1) is 16.7. The molecule has 1 unspecified atom stereocenters. The first-order chi connectivity index (χ1) is 10.4. The Hall–Kier alpha value is -1.69. The Morgan fingerprint density at radius 1 is 1.23 bits per heavy atom. The van der Waals surface area contributed by atoms with E-state index in [1.807, 2.05) is 13.8 Å². The summed E-state index contributed by atoms with van der Waals surface area (Å²) in [6, 6.07) is 3.61. The molecule has 3 atom stereocenters. The summed E-state index contributed by atoms with van der Waals surface area (Å²) in [7, 11) is 0. The van der Waals surface area contributed by atoms with Gasteiger partial charge in [0.1, 0.15) is 0 Å². The van der Waals surface area contributed by atoms with Crippen molar-refractivity contribution in [1.82, 2.24) is 10.6 Å². The number of hydrogen-bond donors (Lipinski definition) is 2. The number of halogens is 2. The lowest BCUT2D eigenvalue weighted by Crippen LogP contribution is -2.47. The first-order valence-corrected chi connectivity index (χ1v) is 7.58. The molecule has 2 rings (SSSR count). The van der Waals surface area contributed by atoms with Crippen molar-refractivity contribution in [2.45, 2.75) is 51.4 Å². The SMILES string of the molecule is C[C@@H]1CC(NC(=O)NCCc2ccc(F)c(F)c2)C[C@H](C)O1. The zero-order valence-corrected chi connectivity index (χ0v) is 12.9. The van der Waals surface area contributed by atoms with Gasteiger partial charge in [-0.3, -0.25) is 0 Å². The molecule has 0 spiro atoms. The summed E-state index contributed by atoms with van der Waals surface area (Å²) < 4.78 is 31.5. The van der Waals surface area contributed by atoms with Crippen LogP contribution >= 0.6 is 0 Å². The smallest absolute Gasteiger partial charge is 0.315 e. The van der Waals surface area contributed by atoms with Gasteiger partial charge in [0.2, 0.25) is 0 Å². The minimum atomic E-state index is -0.868. The molecule has 1 aliphatic heterocycles. The van der Waals surface area contributed by atoms with Crippen LogP contribution in [0.4, 0.5) is 13.6 Å². The highest BCUT2D eigenvalue weighted by molar-refractivity contribution is 5.74. The van der Waals surface area contributed by atoms with Crippen molar-refractivity contribution in [2.24, 2.45) is 0 Å². The fraction of sp³-hybridized carbons (Fsp3) is 0.562.